The van der Waals surface area contributed by atoms with Gasteiger partial charge in [0, 0.05) is 229 Å². The van der Waals surface area contributed by atoms with Gasteiger partial charge in [-0.25, -0.2) is 29.9 Å². The molecule has 46 heteroatoms. The molecule has 0 aliphatic rings. The molecule has 0 aliphatic carbocycles. The summed E-state index contributed by atoms with van der Waals surface area (Å²) in [5.74, 6) is 3.53. The molecule has 30 nitrogen and oxygen atoms in total. The summed E-state index contributed by atoms with van der Waals surface area (Å²) in [6.45, 7) is 36.2. The van der Waals surface area contributed by atoms with E-state index in [2.05, 4.69) is 191 Å². The number of halogens is 8. The molecule has 20 N–H and O–H groups in total. The predicted octanol–water partition coefficient (Wildman–Crippen LogP) is -14.0. The summed E-state index contributed by atoms with van der Waals surface area (Å²) >= 11 is 13.5. The number of aromatic nitrogens is 16. The van der Waals surface area contributed by atoms with Gasteiger partial charge in [0.1, 0.15) is 34.9 Å². The normalized spacial score (nSPS) is 10.2. The van der Waals surface area contributed by atoms with Crippen LogP contribution >= 0.6 is 90.7 Å². The molecule has 0 radical (unpaired) electrons. The van der Waals surface area contributed by atoms with E-state index >= 15 is 0 Å². The lowest BCUT2D eigenvalue weighted by Crippen LogP contribution is -3.00. The van der Waals surface area contributed by atoms with E-state index < -0.39 is 0 Å². The summed E-state index contributed by atoms with van der Waals surface area (Å²) in [4.78, 5) is 43.5. The summed E-state index contributed by atoms with van der Waals surface area (Å²) in [7, 11) is 0. The number of nitrogens with zero attached hydrogens (tertiary/aromatic N) is 16. The Bertz CT molecular complexity index is 6420. The molecule has 0 saturated carbocycles. The number of pyridine rings is 8. The quantitative estimate of drug-likeness (QED) is 0.0174. The molecule has 0 bridgehead atoms. The van der Waals surface area contributed by atoms with Crippen LogP contribution in [0.3, 0.4) is 0 Å². The highest BCUT2D eigenvalue weighted by atomic mass is 35.5. The smallest absolute Gasteiger partial charge is 0.234 e. The lowest BCUT2D eigenvalue weighted by Gasteiger charge is -2.06. The Kier molecular flexibility index (Phi) is 65.8. The van der Waals surface area contributed by atoms with Crippen molar-refractivity contribution in [2.75, 3.05) is 87.3 Å². The maximum absolute atomic E-state index is 9.08. The van der Waals surface area contributed by atoms with Gasteiger partial charge >= 0.3 is 0 Å². The molecule has 0 saturated heterocycles. The minimum atomic E-state index is 0. The predicted molar refractivity (Wildman–Crippen MR) is 562 cm³/mol. The van der Waals surface area contributed by atoms with Crippen LogP contribution in [0.15, 0.2) is 168 Å². The lowest BCUT2D eigenvalue weighted by molar-refractivity contribution is -0.695. The van der Waals surface area contributed by atoms with Crippen molar-refractivity contribution in [1.82, 2.24) is 39.9 Å². The summed E-state index contributed by atoms with van der Waals surface area (Å²) in [5.41, 5.74) is 69.6. The molecule has 808 valence electrons. The molecule has 0 atom stereocenters. The van der Waals surface area contributed by atoms with Crippen LogP contribution in [0.1, 0.15) is 162 Å². The van der Waals surface area contributed by atoms with Crippen molar-refractivity contribution >= 4 is 126 Å². The first kappa shape index (κ1) is 137. The Morgan fingerprint density at radius 1 is 0.284 bits per heavy atom. The zero-order chi connectivity index (χ0) is 101. The van der Waals surface area contributed by atoms with Gasteiger partial charge in [0.05, 0.1) is 66.8 Å². The van der Waals surface area contributed by atoms with E-state index in [4.69, 9.17) is 75.3 Å². The van der Waals surface area contributed by atoms with E-state index in [0.29, 0.717) is 67.0 Å². The molecule has 0 unspecified atom stereocenters. The SMILES string of the molecule is Cc1c(CCO)sc[n+]1Cc1ccc(N)nc1.Cc1c(CCO)sc[n+]1Cc1cccnc1.Cc1c(CCO)sc[n+]1Cc1cccnc1N.Cc1cc(C)c(C[n+]2cc(CCO)sc2C)c(N)n1.Cc1cc(C)c(C[n+]2csc(CCO)c2)c(N)n1.Cc1ccc(C[n+]2c(C)sc(CCO)c2C)c(N)n1.Cc1ccc(C[n+]2csc(CCO)c2)c(N)n1.Cc1ccc(C[n+]2csc(CCO)c2C)cn1.[Cl-].[Cl-].[Cl-].[Cl-].[Cl-].[Cl-].[Cl-].[Cl-]. The summed E-state index contributed by atoms with van der Waals surface area (Å²) < 4.78 is 17.3. The number of aryl methyl sites for hydroxylation is 9. The average Bonchev–Trinajstić information content (AvgIpc) is 1.68. The molecular formula is C102H138Cl8N22O8S8. The summed E-state index contributed by atoms with van der Waals surface area (Å²) in [6, 6.07) is 27.9. The second kappa shape index (κ2) is 71.0. The fourth-order valence-electron chi connectivity index (χ4n) is 14.7. The second-order valence-corrected chi connectivity index (χ2v) is 41.8. The van der Waals surface area contributed by atoms with Crippen LogP contribution in [-0.2, 0) is 104 Å². The molecule has 16 aromatic rings. The highest BCUT2D eigenvalue weighted by molar-refractivity contribution is 7.12. The van der Waals surface area contributed by atoms with Gasteiger partial charge in [-0.2, -0.15) is 36.5 Å². The third-order valence-electron chi connectivity index (χ3n) is 22.7. The van der Waals surface area contributed by atoms with Crippen LogP contribution < -0.4 is 170 Å². The van der Waals surface area contributed by atoms with E-state index in [1.807, 2.05) is 131 Å². The van der Waals surface area contributed by atoms with Crippen LogP contribution in [0.2, 0.25) is 0 Å². The Morgan fingerprint density at radius 3 is 1.07 bits per heavy atom. The van der Waals surface area contributed by atoms with Crippen molar-refractivity contribution in [2.45, 2.75) is 201 Å². The highest BCUT2D eigenvalue weighted by Gasteiger charge is 2.26. The van der Waals surface area contributed by atoms with Crippen molar-refractivity contribution in [2.24, 2.45) is 0 Å². The first-order chi connectivity index (χ1) is 67.2. The van der Waals surface area contributed by atoms with E-state index in [1.165, 1.54) is 99.8 Å². The number of hydrogen-bond donors (Lipinski definition) is 14. The fourth-order valence-corrected chi connectivity index (χ4v) is 22.4. The van der Waals surface area contributed by atoms with Gasteiger partial charge in [-0.1, -0.05) is 90.7 Å². The standard InChI is InChI=1S/2C14H20N3OS.C13H18N3OS.C13H17N2OS.3C12H16N3OS.C12H15N2OS.8ClH/c1-9-6-10(2)16-14(15)13(9)8-17-7-12(4-5-18)19-11(17)3;1-9-4-5-12(14(15)16-9)8-17-10(2)13(6-7-18)19-11(17)3;1-9-5-10(2)15-13(14)12(9)7-16-6-11(3-4-17)18-8-16;1-10-3-4-12(7-14-10)8-15-9-17-13(5-6-16)11(15)2;1-9-11(4-5-16)17-8-15(9)7-10-2-3-12(13)14-6-10;1-9-2-3-10(12(13)14-9)6-15-7-11(4-5-16)17-8-15;1-9-11(4-6-16)17-8-15(9)7-10-3-2-5-14-12(10)13;1-10-12(4-6-15)16-9-14(10)8-11-3-2-5-13-7-11;;;;;;;;/h6-7,18H,4-5,8H2,1-3H3,(H2,15,16);4-5,18H,6-8H2,1-3H3,(H2,15,16);5-6,8,17H,3-4,7H2,1-2H3,(H2,14,15);3-4,7,9,16H,5-6,8H2,1-2H3;2-3,6,8,16H,4-5,7H2,1H3,(H2,13,14);2-3,7-8,16H,4-6H2,1H3,(H2,13,14);2-3,5,8,16H,4,6-7H2,1H3,(H2,13,14);2-3,5,7,9,15H,4,6,8H2,1H3;8*1H/q8*+1;;;;;;;;/p-8. The Balaban J connectivity index is 0.000000840. The second-order valence-electron chi connectivity index (χ2n) is 33.5. The van der Waals surface area contributed by atoms with Gasteiger partial charge in [-0.3, -0.25) is 9.97 Å². The summed E-state index contributed by atoms with van der Waals surface area (Å²) in [6.07, 6.45) is 21.0. The molecule has 0 aromatic carbocycles. The average molecular weight is 2340 g/mol. The molecule has 16 aromatic heterocycles. The van der Waals surface area contributed by atoms with Crippen molar-refractivity contribution in [1.29, 1.82) is 0 Å². The molecule has 0 amide bonds. The minimum absolute atomic E-state index is 0. The first-order valence-electron chi connectivity index (χ1n) is 46.0. The zero-order valence-electron chi connectivity index (χ0n) is 85.6. The Morgan fingerprint density at radius 2 is 0.669 bits per heavy atom. The zero-order valence-corrected chi connectivity index (χ0v) is 98.2. The molecular weight excluding hydrogens is 2200 g/mol. The van der Waals surface area contributed by atoms with Gasteiger partial charge < -0.3 is 175 Å². The van der Waals surface area contributed by atoms with Gasteiger partial charge in [0.25, 0.3) is 0 Å². The van der Waals surface area contributed by atoms with Gasteiger partial charge in [-0.15, -0.1) is 0 Å². The molecule has 148 heavy (non-hydrogen) atoms. The minimum Gasteiger partial charge on any atom is -1.00 e. The number of aliphatic hydroxyl groups is 8. The number of anilines is 6. The third kappa shape index (κ3) is 43.3. The van der Waals surface area contributed by atoms with E-state index in [0.717, 1.165) is 133 Å². The molecule has 16 heterocycles. The van der Waals surface area contributed by atoms with Gasteiger partial charge in [-0.05, 0) is 145 Å². The van der Waals surface area contributed by atoms with Crippen LogP contribution in [0.25, 0.3) is 0 Å². The maximum Gasteiger partial charge on any atom is 0.234 e. The first-order valence-corrected chi connectivity index (χ1v) is 52.9. The maximum atomic E-state index is 9.08. The number of thiazole rings is 8. The van der Waals surface area contributed by atoms with E-state index in [9.17, 15) is 0 Å². The lowest BCUT2D eigenvalue weighted by atomic mass is 10.1. The molecule has 0 fully saturated rings. The van der Waals surface area contributed by atoms with Crippen LogP contribution in [0.5, 0.6) is 0 Å². The van der Waals surface area contributed by atoms with E-state index in [1.54, 1.807) is 109 Å². The number of aliphatic hydroxyl groups excluding tert-OH is 8. The highest BCUT2D eigenvalue weighted by Crippen LogP contribution is 2.24. The third-order valence-corrected chi connectivity index (χ3v) is 31.6. The van der Waals surface area contributed by atoms with Gasteiger partial charge in [0.2, 0.25) is 43.1 Å². The Hall–Kier alpha value is -8.96. The molecule has 0 aliphatic heterocycles. The van der Waals surface area contributed by atoms with Crippen molar-refractivity contribution in [3.8, 4) is 0 Å². The molecule has 0 spiro atoms. The van der Waals surface area contributed by atoms with Gasteiger partial charge in [0.15, 0.2) is 99.4 Å². The van der Waals surface area contributed by atoms with Crippen LogP contribution in [0.4, 0.5) is 34.9 Å². The van der Waals surface area contributed by atoms with Crippen LogP contribution in [-0.4, -0.2) is 134 Å². The topological polar surface area (TPSA) is 452 Å². The summed E-state index contributed by atoms with van der Waals surface area (Å²) in [5, 5.41) is 74.1. The van der Waals surface area contributed by atoms with Crippen molar-refractivity contribution in [3.05, 3.63) is 329 Å². The van der Waals surface area contributed by atoms with E-state index in [-0.39, 0.29) is 152 Å². The Labute approximate surface area is 950 Å². The molecule has 16 rings (SSSR count). The number of hydrogen-bond acceptors (Lipinski definition) is 30. The number of nitrogens with two attached hydrogens (primary N) is 6. The number of rotatable bonds is 32. The van der Waals surface area contributed by atoms with Crippen LogP contribution in [0, 0.1) is 96.9 Å². The largest absolute Gasteiger partial charge is 1.00 e. The van der Waals surface area contributed by atoms with Crippen molar-refractivity contribution in [3.63, 3.8) is 0 Å². The number of nitrogen functional groups attached to an aromatic ring is 6. The van der Waals surface area contributed by atoms with Crippen molar-refractivity contribution < 1.29 is 177 Å². The fraction of sp³-hybridized carbons (Fsp3) is 0.373. The monoisotopic (exact) mass is 2330 g/mol.